The number of esters is 2. The lowest BCUT2D eigenvalue weighted by molar-refractivity contribution is -0.146. The maximum absolute atomic E-state index is 13.8. The minimum absolute atomic E-state index is 0. The third kappa shape index (κ3) is 22.5. The predicted molar refractivity (Wildman–Crippen MR) is 295 cm³/mol. The summed E-state index contributed by atoms with van der Waals surface area (Å²) in [5.41, 5.74) is 6.25. The molecule has 16 heteroatoms. The number of carbonyl (C=O) groups is 6. The van der Waals surface area contributed by atoms with Crippen LogP contribution in [-0.2, 0) is 38.2 Å². The summed E-state index contributed by atoms with van der Waals surface area (Å²) in [6.45, 7) is 42.2. The van der Waals surface area contributed by atoms with Gasteiger partial charge in [-0.15, -0.1) is 12.4 Å². The molecule has 0 radical (unpaired) electrons. The smallest absolute Gasteiger partial charge is 0.333 e. The largest absolute Gasteiger partial charge is 0.480 e. The first kappa shape index (κ1) is 70.5. The van der Waals surface area contributed by atoms with E-state index in [1.54, 1.807) is 63.7 Å². The van der Waals surface area contributed by atoms with Crippen LogP contribution in [-0.4, -0.2) is 149 Å². The molecule has 2 fully saturated rings. The molecule has 3 amide bonds. The minimum atomic E-state index is -0.685. The summed E-state index contributed by atoms with van der Waals surface area (Å²) in [5.74, 6) is -0.543. The number of piperidine rings is 2. The Morgan fingerprint density at radius 3 is 1.31 bits per heavy atom. The van der Waals surface area contributed by atoms with Crippen molar-refractivity contribution in [1.29, 1.82) is 0 Å². The van der Waals surface area contributed by atoms with E-state index in [9.17, 15) is 28.8 Å². The zero-order chi connectivity index (χ0) is 55.5. The van der Waals surface area contributed by atoms with E-state index in [0.29, 0.717) is 48.3 Å². The summed E-state index contributed by atoms with van der Waals surface area (Å²) < 4.78 is 10.1. The van der Waals surface area contributed by atoms with Gasteiger partial charge in [0.2, 0.25) is 17.7 Å². The molecule has 8 atom stereocenters. The summed E-state index contributed by atoms with van der Waals surface area (Å²) in [5, 5.41) is 12.2. The number of likely N-dealkylation sites (tertiary alicyclic amines) is 2. The molecule has 2 heterocycles. The summed E-state index contributed by atoms with van der Waals surface area (Å²) in [7, 11) is 3.48. The van der Waals surface area contributed by atoms with Crippen molar-refractivity contribution >= 4 is 48.0 Å². The number of likely N-dealkylation sites (N-methyl/N-ethyl adjacent to an activating group) is 2. The number of carboxylic acids is 1. The quantitative estimate of drug-likeness (QED) is 0.0823. The first-order valence-electron chi connectivity index (χ1n) is 26.6. The van der Waals surface area contributed by atoms with Crippen LogP contribution < -0.4 is 11.1 Å². The second-order valence-electron chi connectivity index (χ2n) is 23.5. The molecule has 2 rings (SSSR count). The van der Waals surface area contributed by atoms with Crippen LogP contribution in [0, 0.1) is 34.5 Å². The summed E-state index contributed by atoms with van der Waals surface area (Å²) in [6.07, 6.45) is 9.50. The van der Waals surface area contributed by atoms with E-state index in [-0.39, 0.29) is 83.5 Å². The second-order valence-corrected chi connectivity index (χ2v) is 23.5. The molecule has 0 bridgehead atoms. The van der Waals surface area contributed by atoms with E-state index in [4.69, 9.17) is 20.3 Å². The van der Waals surface area contributed by atoms with Gasteiger partial charge in [0, 0.05) is 37.3 Å². The number of carbonyl (C=O) groups excluding carboxylic acids is 5. The van der Waals surface area contributed by atoms with Crippen molar-refractivity contribution in [3.63, 3.8) is 0 Å². The number of aliphatic carboxylic acids is 1. The van der Waals surface area contributed by atoms with Gasteiger partial charge in [0.25, 0.3) is 0 Å². The highest BCUT2D eigenvalue weighted by Crippen LogP contribution is 2.28. The van der Waals surface area contributed by atoms with Crippen molar-refractivity contribution in [3.05, 3.63) is 23.3 Å². The molecule has 2 aliphatic rings. The number of carboxylic acid groups (broad SMARTS) is 1. The molecule has 420 valence electrons. The molecule has 2 aliphatic heterocycles. The molecular formula is C56H105ClN6O9. The number of hydrogen-bond donors (Lipinski definition) is 3. The molecule has 0 aromatic rings. The molecular weight excluding hydrogens is 936 g/mol. The minimum Gasteiger partial charge on any atom is -0.480 e. The van der Waals surface area contributed by atoms with Gasteiger partial charge in [0.1, 0.15) is 12.1 Å². The Morgan fingerprint density at radius 2 is 0.986 bits per heavy atom. The highest BCUT2D eigenvalue weighted by molar-refractivity contribution is 5.91. The molecule has 2 saturated heterocycles. The number of rotatable bonds is 19. The summed E-state index contributed by atoms with van der Waals surface area (Å²) in [4.78, 5) is 82.7. The Kier molecular flexibility index (Phi) is 32.0. The third-order valence-corrected chi connectivity index (χ3v) is 14.2. The third-order valence-electron chi connectivity index (χ3n) is 14.2. The van der Waals surface area contributed by atoms with Crippen LogP contribution in [0.3, 0.4) is 0 Å². The molecule has 0 aromatic carbocycles. The average molecular weight is 1040 g/mol. The van der Waals surface area contributed by atoms with Crippen LogP contribution in [0.2, 0.25) is 0 Å². The van der Waals surface area contributed by atoms with Crippen LogP contribution in [0.1, 0.15) is 177 Å². The van der Waals surface area contributed by atoms with E-state index in [1.807, 2.05) is 69.2 Å². The van der Waals surface area contributed by atoms with E-state index >= 15 is 0 Å². The van der Waals surface area contributed by atoms with Gasteiger partial charge in [0.05, 0.1) is 37.4 Å². The number of nitrogens with one attached hydrogen (secondary N) is 1. The molecule has 0 spiro atoms. The fraction of sp³-hybridized carbons (Fsp3) is 0.821. The molecule has 0 aromatic heterocycles. The van der Waals surface area contributed by atoms with Crippen LogP contribution in [0.4, 0.5) is 0 Å². The normalized spacial score (nSPS) is 19.8. The van der Waals surface area contributed by atoms with Gasteiger partial charge in [0.15, 0.2) is 0 Å². The van der Waals surface area contributed by atoms with Crippen molar-refractivity contribution < 1.29 is 43.3 Å². The van der Waals surface area contributed by atoms with E-state index in [2.05, 4.69) is 56.7 Å². The van der Waals surface area contributed by atoms with E-state index in [0.717, 1.165) is 51.6 Å². The molecule has 4 N–H and O–H groups in total. The lowest BCUT2D eigenvalue weighted by Gasteiger charge is -2.42. The van der Waals surface area contributed by atoms with Crippen LogP contribution in [0.15, 0.2) is 23.3 Å². The number of halogens is 1. The van der Waals surface area contributed by atoms with Crippen molar-refractivity contribution in [1.82, 2.24) is 24.9 Å². The van der Waals surface area contributed by atoms with E-state index in [1.165, 1.54) is 0 Å². The standard InChI is InChI=1S/C28H51N3O4.C17H32N2O3.C11H21NO2.ClH/c1-12-35-27(34)20(6)17-23(19(4)5)30(11)26(33)24(28(8,9)10)29-25(32)22-15-13-14-16-31(22)21(7)18(2)3;1-9-22-16(21)12(4)10-13(11(2)3)19(8)15(20)14(18)17(5,6)7;1-8(2)9(3)12-7-5-4-6-10(12)11(13)14;/h17-19,21-24H,12-16H2,1-11H3,(H,29,32);10-11,13-14H,9,18H2,1-8H3;8-10H,4-7H2,1-3H3,(H,13,14);1H/b20-17+;12-10+;;/t21?,22?,23-,24?;13-,14?;9?,10-;/m111./s1. The van der Waals surface area contributed by atoms with Gasteiger partial charge in [-0.25, -0.2) is 9.59 Å². The van der Waals surface area contributed by atoms with Crippen molar-refractivity contribution in [2.45, 2.75) is 225 Å². The first-order valence-corrected chi connectivity index (χ1v) is 26.6. The van der Waals surface area contributed by atoms with Gasteiger partial charge in [-0.05, 0) is 115 Å². The lowest BCUT2D eigenvalue weighted by Crippen LogP contribution is -2.61. The topological polar surface area (TPSA) is 192 Å². The molecule has 0 saturated carbocycles. The predicted octanol–water partition coefficient (Wildman–Crippen LogP) is 9.15. The zero-order valence-electron chi connectivity index (χ0n) is 49.1. The van der Waals surface area contributed by atoms with Gasteiger partial charge in [-0.2, -0.15) is 0 Å². The van der Waals surface area contributed by atoms with Crippen molar-refractivity contribution in [2.24, 2.45) is 40.2 Å². The SMILES string of the molecule is CC(C)C(C)N1CCCC[C@@H]1C(=O)O.CCOC(=O)/C(C)=C/[C@H](C(C)C)N(C)C(=O)C(N)C(C)(C)C.CCOC(=O)/C(C)=C/[C@H](C(C)C)N(C)C(=O)C(NC(=O)C1CCCCN1C(C)C(C)C)C(C)(C)C.Cl. The maximum atomic E-state index is 13.8. The Hall–Kier alpha value is -3.53. The molecule has 5 unspecified atom stereocenters. The Balaban J connectivity index is 0. The molecule has 0 aliphatic carbocycles. The monoisotopic (exact) mass is 1040 g/mol. The number of nitrogens with zero attached hydrogens (tertiary/aromatic N) is 4. The van der Waals surface area contributed by atoms with Gasteiger partial charge < -0.3 is 35.4 Å². The highest BCUT2D eigenvalue weighted by Gasteiger charge is 2.41. The molecule has 72 heavy (non-hydrogen) atoms. The Labute approximate surface area is 444 Å². The van der Waals surface area contributed by atoms with Crippen LogP contribution in [0.5, 0.6) is 0 Å². The first-order chi connectivity index (χ1) is 32.6. The van der Waals surface area contributed by atoms with Crippen molar-refractivity contribution in [2.75, 3.05) is 40.4 Å². The maximum Gasteiger partial charge on any atom is 0.333 e. The Bertz CT molecular complexity index is 1750. The van der Waals surface area contributed by atoms with Crippen LogP contribution in [0.25, 0.3) is 0 Å². The number of ether oxygens (including phenoxy) is 2. The van der Waals surface area contributed by atoms with Crippen molar-refractivity contribution in [3.8, 4) is 0 Å². The van der Waals surface area contributed by atoms with Crippen LogP contribution >= 0.6 is 12.4 Å². The summed E-state index contributed by atoms with van der Waals surface area (Å²) in [6, 6.07) is -1.59. The highest BCUT2D eigenvalue weighted by atomic mass is 35.5. The molecule has 15 nitrogen and oxygen atoms in total. The summed E-state index contributed by atoms with van der Waals surface area (Å²) >= 11 is 0. The number of hydrogen-bond acceptors (Lipinski definition) is 11. The number of nitrogens with two attached hydrogens (primary N) is 1. The Morgan fingerprint density at radius 1 is 0.625 bits per heavy atom. The number of amides is 3. The second kappa shape index (κ2) is 32.7. The lowest BCUT2D eigenvalue weighted by atomic mass is 9.84. The fourth-order valence-corrected chi connectivity index (χ4v) is 8.81. The van der Waals surface area contributed by atoms with Gasteiger partial charge >= 0.3 is 17.9 Å². The zero-order valence-corrected chi connectivity index (χ0v) is 50.0. The average Bonchev–Trinajstić information content (AvgIpc) is 3.29. The fourth-order valence-electron chi connectivity index (χ4n) is 8.81. The van der Waals surface area contributed by atoms with Gasteiger partial charge in [-0.3, -0.25) is 29.0 Å². The van der Waals surface area contributed by atoms with Gasteiger partial charge in [-0.1, -0.05) is 122 Å². The van der Waals surface area contributed by atoms with E-state index < -0.39 is 23.5 Å².